The standard InChI is InChI=1S/C21H25N3O5S/c1-15-10-17(24-29-15)23-19(26)12-30-13-20(27)28-11-18(25)22-14-21(8-5-9-21)16-6-3-2-4-7-16/h2-4,6-7,10H,5,8-9,11-14H2,1H3,(H,22,25)(H,23,24,26). The lowest BCUT2D eigenvalue weighted by Gasteiger charge is -2.42. The fraction of sp³-hybridized carbons (Fsp3) is 0.429. The minimum absolute atomic E-state index is 0.0213. The Morgan fingerprint density at radius 1 is 1.17 bits per heavy atom. The molecule has 1 aromatic heterocycles. The number of carbonyl (C=O) groups is 3. The Balaban J connectivity index is 1.31. The summed E-state index contributed by atoms with van der Waals surface area (Å²) in [6, 6.07) is 11.8. The molecule has 0 atom stereocenters. The highest BCUT2D eigenvalue weighted by molar-refractivity contribution is 8.00. The van der Waals surface area contributed by atoms with Gasteiger partial charge in [-0.15, -0.1) is 11.8 Å². The molecule has 160 valence electrons. The minimum atomic E-state index is -0.540. The average Bonchev–Trinajstić information content (AvgIpc) is 3.11. The average molecular weight is 432 g/mol. The molecule has 1 aliphatic carbocycles. The van der Waals surface area contributed by atoms with Crippen molar-refractivity contribution in [1.82, 2.24) is 10.5 Å². The van der Waals surface area contributed by atoms with Crippen molar-refractivity contribution >= 4 is 35.4 Å². The van der Waals surface area contributed by atoms with Gasteiger partial charge in [0, 0.05) is 18.0 Å². The molecule has 1 aromatic carbocycles. The fourth-order valence-electron chi connectivity index (χ4n) is 3.30. The molecule has 8 nitrogen and oxygen atoms in total. The zero-order valence-corrected chi connectivity index (χ0v) is 17.6. The number of hydrogen-bond acceptors (Lipinski definition) is 7. The van der Waals surface area contributed by atoms with Crippen LogP contribution >= 0.6 is 11.8 Å². The van der Waals surface area contributed by atoms with E-state index in [-0.39, 0.29) is 35.3 Å². The first-order valence-corrected chi connectivity index (χ1v) is 10.9. The van der Waals surface area contributed by atoms with Crippen LogP contribution in [0.3, 0.4) is 0 Å². The van der Waals surface area contributed by atoms with Crippen molar-refractivity contribution in [2.45, 2.75) is 31.6 Å². The monoisotopic (exact) mass is 431 g/mol. The van der Waals surface area contributed by atoms with Gasteiger partial charge in [-0.3, -0.25) is 14.4 Å². The second-order valence-corrected chi connectivity index (χ2v) is 8.29. The van der Waals surface area contributed by atoms with E-state index in [2.05, 4.69) is 27.9 Å². The van der Waals surface area contributed by atoms with Crippen molar-refractivity contribution in [1.29, 1.82) is 0 Å². The predicted octanol–water partition coefficient (Wildman–Crippen LogP) is 2.44. The summed E-state index contributed by atoms with van der Waals surface area (Å²) in [5.74, 6) is -0.204. The highest BCUT2D eigenvalue weighted by atomic mass is 32.2. The smallest absolute Gasteiger partial charge is 0.316 e. The number of anilines is 1. The molecule has 1 saturated carbocycles. The zero-order valence-electron chi connectivity index (χ0n) is 16.8. The molecule has 2 amide bonds. The molecule has 0 bridgehead atoms. The van der Waals surface area contributed by atoms with Crippen molar-refractivity contribution in [3.05, 3.63) is 47.7 Å². The molecular formula is C21H25N3O5S. The van der Waals surface area contributed by atoms with E-state index in [1.54, 1.807) is 13.0 Å². The molecule has 0 aliphatic heterocycles. The first-order valence-electron chi connectivity index (χ1n) is 9.76. The van der Waals surface area contributed by atoms with Gasteiger partial charge in [0.15, 0.2) is 12.4 Å². The van der Waals surface area contributed by atoms with Gasteiger partial charge in [-0.05, 0) is 25.3 Å². The number of carbonyl (C=O) groups excluding carboxylic acids is 3. The summed E-state index contributed by atoms with van der Waals surface area (Å²) < 4.78 is 9.85. The third kappa shape index (κ3) is 6.09. The molecule has 0 unspecified atom stereocenters. The number of hydrogen-bond donors (Lipinski definition) is 2. The van der Waals surface area contributed by atoms with Crippen molar-refractivity contribution < 1.29 is 23.6 Å². The number of rotatable bonds is 10. The summed E-state index contributed by atoms with van der Waals surface area (Å²) >= 11 is 1.10. The molecule has 1 heterocycles. The van der Waals surface area contributed by atoms with E-state index in [1.165, 1.54) is 5.56 Å². The Bertz CT molecular complexity index is 880. The van der Waals surface area contributed by atoms with E-state index in [0.717, 1.165) is 31.0 Å². The molecule has 2 aromatic rings. The second kappa shape index (κ2) is 10.3. The maximum absolute atomic E-state index is 12.1. The largest absolute Gasteiger partial charge is 0.455 e. The zero-order chi connectivity index (χ0) is 21.4. The summed E-state index contributed by atoms with van der Waals surface area (Å²) in [5, 5.41) is 9.10. The van der Waals surface area contributed by atoms with Crippen LogP contribution in [0.2, 0.25) is 0 Å². The van der Waals surface area contributed by atoms with Crippen LogP contribution in [0.1, 0.15) is 30.6 Å². The van der Waals surface area contributed by atoms with E-state index in [0.29, 0.717) is 18.1 Å². The Kier molecular flexibility index (Phi) is 7.51. The van der Waals surface area contributed by atoms with Gasteiger partial charge >= 0.3 is 5.97 Å². The highest BCUT2D eigenvalue weighted by Gasteiger charge is 2.38. The predicted molar refractivity (Wildman–Crippen MR) is 113 cm³/mol. The molecule has 9 heteroatoms. The van der Waals surface area contributed by atoms with Gasteiger partial charge in [0.2, 0.25) is 5.91 Å². The first kappa shape index (κ1) is 21.9. The lowest BCUT2D eigenvalue weighted by molar-refractivity contribution is -0.146. The Morgan fingerprint density at radius 2 is 1.93 bits per heavy atom. The van der Waals surface area contributed by atoms with Gasteiger partial charge in [0.1, 0.15) is 5.76 Å². The molecule has 1 fully saturated rings. The van der Waals surface area contributed by atoms with Crippen LogP contribution in [0.5, 0.6) is 0 Å². The van der Waals surface area contributed by atoms with Gasteiger partial charge in [0.25, 0.3) is 5.91 Å². The van der Waals surface area contributed by atoms with Crippen LogP contribution in [0.25, 0.3) is 0 Å². The maximum Gasteiger partial charge on any atom is 0.316 e. The first-order chi connectivity index (χ1) is 14.5. The number of nitrogens with zero attached hydrogens (tertiary/aromatic N) is 1. The SMILES string of the molecule is Cc1cc(NC(=O)CSCC(=O)OCC(=O)NCC2(c3ccccc3)CCC2)no1. The van der Waals surface area contributed by atoms with Crippen molar-refractivity contribution in [3.8, 4) is 0 Å². The van der Waals surface area contributed by atoms with Crippen molar-refractivity contribution in [2.75, 3.05) is 30.0 Å². The second-order valence-electron chi connectivity index (χ2n) is 7.30. The topological polar surface area (TPSA) is 111 Å². The van der Waals surface area contributed by atoms with E-state index in [9.17, 15) is 14.4 Å². The number of thioether (sulfide) groups is 1. The fourth-order valence-corrected chi connectivity index (χ4v) is 3.91. The van der Waals surface area contributed by atoms with Crippen molar-refractivity contribution in [3.63, 3.8) is 0 Å². The van der Waals surface area contributed by atoms with Gasteiger partial charge in [-0.2, -0.15) is 0 Å². The molecule has 3 rings (SSSR count). The molecule has 0 saturated heterocycles. The van der Waals surface area contributed by atoms with E-state index in [4.69, 9.17) is 9.26 Å². The Morgan fingerprint density at radius 3 is 2.57 bits per heavy atom. The summed E-state index contributed by atoms with van der Waals surface area (Å²) in [6.45, 7) is 1.93. The Hall–Kier alpha value is -2.81. The molecule has 30 heavy (non-hydrogen) atoms. The van der Waals surface area contributed by atoms with Crippen molar-refractivity contribution in [2.24, 2.45) is 0 Å². The van der Waals surface area contributed by atoms with Gasteiger partial charge in [-0.25, -0.2) is 0 Å². The molecular weight excluding hydrogens is 406 g/mol. The number of amides is 2. The molecule has 0 spiro atoms. The number of aromatic nitrogens is 1. The summed E-state index contributed by atoms with van der Waals surface area (Å²) in [7, 11) is 0. The van der Waals surface area contributed by atoms with E-state index in [1.807, 2.05) is 18.2 Å². The van der Waals surface area contributed by atoms with Gasteiger partial charge in [-0.1, -0.05) is 41.9 Å². The Labute approximate surface area is 179 Å². The number of nitrogens with one attached hydrogen (secondary N) is 2. The summed E-state index contributed by atoms with van der Waals surface area (Å²) in [4.78, 5) is 35.6. The number of benzene rings is 1. The molecule has 2 N–H and O–H groups in total. The van der Waals surface area contributed by atoms with Gasteiger partial charge < -0.3 is 19.9 Å². The van der Waals surface area contributed by atoms with Crippen LogP contribution in [0.4, 0.5) is 5.82 Å². The highest BCUT2D eigenvalue weighted by Crippen LogP contribution is 2.43. The minimum Gasteiger partial charge on any atom is -0.455 e. The van der Waals surface area contributed by atoms with Crippen LogP contribution in [0.15, 0.2) is 40.9 Å². The summed E-state index contributed by atoms with van der Waals surface area (Å²) in [6.07, 6.45) is 3.20. The molecule has 1 aliphatic rings. The lowest BCUT2D eigenvalue weighted by atomic mass is 9.64. The van der Waals surface area contributed by atoms with Gasteiger partial charge in [0.05, 0.1) is 11.5 Å². The third-order valence-electron chi connectivity index (χ3n) is 5.03. The van der Waals surface area contributed by atoms with Crippen LogP contribution in [-0.4, -0.2) is 47.6 Å². The maximum atomic E-state index is 12.1. The van der Waals surface area contributed by atoms with Crippen LogP contribution < -0.4 is 10.6 Å². The molecule has 0 radical (unpaired) electrons. The third-order valence-corrected chi connectivity index (χ3v) is 5.94. The quantitative estimate of drug-likeness (QED) is 0.556. The lowest BCUT2D eigenvalue weighted by Crippen LogP contribution is -2.46. The van der Waals surface area contributed by atoms with Crippen LogP contribution in [0, 0.1) is 6.92 Å². The number of ether oxygens (including phenoxy) is 1. The van der Waals surface area contributed by atoms with E-state index >= 15 is 0 Å². The number of esters is 1. The van der Waals surface area contributed by atoms with E-state index < -0.39 is 5.97 Å². The van der Waals surface area contributed by atoms with Crippen LogP contribution in [-0.2, 0) is 24.5 Å². The normalized spacial score (nSPS) is 14.4. The number of aryl methyl sites for hydroxylation is 1. The summed E-state index contributed by atoms with van der Waals surface area (Å²) in [5.41, 5.74) is 1.20.